The van der Waals surface area contributed by atoms with Crippen LogP contribution in [0.3, 0.4) is 0 Å². The van der Waals surface area contributed by atoms with Crippen LogP contribution >= 0.6 is 0 Å². The molecule has 0 radical (unpaired) electrons. The number of hydrogen-bond donors (Lipinski definition) is 1. The first-order chi connectivity index (χ1) is 15.2. The van der Waals surface area contributed by atoms with E-state index in [2.05, 4.69) is 10.8 Å². The fourth-order valence-corrected chi connectivity index (χ4v) is 4.87. The molecule has 1 fully saturated rings. The number of rotatable bonds is 7. The molecular weight excluding hydrogens is 433 g/mol. The largest absolute Gasteiger partial charge is 0.479 e. The summed E-state index contributed by atoms with van der Waals surface area (Å²) in [6.45, 7) is 4.51. The van der Waals surface area contributed by atoms with Gasteiger partial charge in [-0.15, -0.1) is 0 Å². The van der Waals surface area contributed by atoms with Crippen molar-refractivity contribution in [2.75, 3.05) is 13.1 Å². The van der Waals surface area contributed by atoms with Crippen molar-refractivity contribution in [1.82, 2.24) is 9.62 Å². The van der Waals surface area contributed by atoms with Crippen LogP contribution in [-0.2, 0) is 14.8 Å². The number of amides is 1. The molecule has 0 bridgehead atoms. The minimum absolute atomic E-state index is 0.00170. The van der Waals surface area contributed by atoms with Gasteiger partial charge >= 0.3 is 0 Å². The Bertz CT molecular complexity index is 1090. The number of hydrogen-bond acceptors (Lipinski definition) is 5. The van der Waals surface area contributed by atoms with Crippen LogP contribution in [0.15, 0.2) is 53.4 Å². The third-order valence-electron chi connectivity index (χ3n) is 5.36. The van der Waals surface area contributed by atoms with Crippen molar-refractivity contribution in [3.05, 3.63) is 59.9 Å². The summed E-state index contributed by atoms with van der Waals surface area (Å²) < 4.78 is 46.7. The monoisotopic (exact) mass is 459 g/mol. The standard InChI is InChI=1S/C23H26FN3O4S/c1-16(2)22(31-21-6-4-3-5-17(21)15-25)23(28)27-13-11-19(12-14-27)26-32(29,30)20-9-7-18(24)8-10-20/h3-10,16,19,22,26H,11-14H2,1-2H3. The zero-order valence-corrected chi connectivity index (χ0v) is 18.8. The second-order valence-electron chi connectivity index (χ2n) is 8.07. The minimum atomic E-state index is -3.77. The van der Waals surface area contributed by atoms with Gasteiger partial charge in [0.05, 0.1) is 10.5 Å². The second kappa shape index (κ2) is 10.1. The second-order valence-corrected chi connectivity index (χ2v) is 9.78. The van der Waals surface area contributed by atoms with Crippen LogP contribution in [-0.4, -0.2) is 44.5 Å². The molecule has 3 rings (SSSR count). The molecule has 170 valence electrons. The number of nitrogens with zero attached hydrogens (tertiary/aromatic N) is 2. The predicted molar refractivity (Wildman–Crippen MR) is 117 cm³/mol. The summed E-state index contributed by atoms with van der Waals surface area (Å²) in [5.74, 6) is -0.449. The average molecular weight is 460 g/mol. The lowest BCUT2D eigenvalue weighted by molar-refractivity contribution is -0.141. The molecule has 1 N–H and O–H groups in total. The van der Waals surface area contributed by atoms with Gasteiger partial charge in [-0.05, 0) is 55.2 Å². The Hall–Kier alpha value is -2.96. The number of nitrogens with one attached hydrogen (secondary N) is 1. The van der Waals surface area contributed by atoms with Gasteiger partial charge in [-0.2, -0.15) is 5.26 Å². The first kappa shape index (κ1) is 23.7. The van der Waals surface area contributed by atoms with Crippen molar-refractivity contribution in [3.8, 4) is 11.8 Å². The summed E-state index contributed by atoms with van der Waals surface area (Å²) in [6.07, 6.45) is 0.148. The maximum atomic E-state index is 13.1. The number of carbonyl (C=O) groups excluding carboxylic acids is 1. The fourth-order valence-electron chi connectivity index (χ4n) is 3.57. The molecular formula is C23H26FN3O4S. The molecule has 0 aromatic heterocycles. The molecule has 2 aromatic rings. The van der Waals surface area contributed by atoms with Crippen LogP contribution in [0.5, 0.6) is 5.75 Å². The highest BCUT2D eigenvalue weighted by atomic mass is 32.2. The van der Waals surface area contributed by atoms with E-state index in [-0.39, 0.29) is 22.8 Å². The van der Waals surface area contributed by atoms with Crippen LogP contribution in [0.1, 0.15) is 32.3 Å². The number of likely N-dealkylation sites (tertiary alicyclic amines) is 1. The molecule has 32 heavy (non-hydrogen) atoms. The molecule has 0 saturated carbocycles. The number of carbonyl (C=O) groups is 1. The number of para-hydroxylation sites is 1. The van der Waals surface area contributed by atoms with Gasteiger partial charge in [0.2, 0.25) is 10.0 Å². The van der Waals surface area contributed by atoms with E-state index in [4.69, 9.17) is 4.74 Å². The van der Waals surface area contributed by atoms with Crippen LogP contribution < -0.4 is 9.46 Å². The van der Waals surface area contributed by atoms with Gasteiger partial charge in [-0.25, -0.2) is 17.5 Å². The van der Waals surface area contributed by atoms with Crippen LogP contribution in [0, 0.1) is 23.1 Å². The van der Waals surface area contributed by atoms with Gasteiger partial charge in [0.15, 0.2) is 6.10 Å². The van der Waals surface area contributed by atoms with E-state index in [0.29, 0.717) is 37.2 Å². The van der Waals surface area contributed by atoms with Crippen LogP contribution in [0.4, 0.5) is 4.39 Å². The Balaban J connectivity index is 1.62. The van der Waals surface area contributed by atoms with Crippen LogP contribution in [0.2, 0.25) is 0 Å². The molecule has 1 atom stereocenters. The Morgan fingerprint density at radius 3 is 2.38 bits per heavy atom. The lowest BCUT2D eigenvalue weighted by Crippen LogP contribution is -2.51. The van der Waals surface area contributed by atoms with Gasteiger partial charge in [0.25, 0.3) is 5.91 Å². The van der Waals surface area contributed by atoms with E-state index in [1.165, 1.54) is 12.1 Å². The maximum Gasteiger partial charge on any atom is 0.263 e. The van der Waals surface area contributed by atoms with Crippen molar-refractivity contribution >= 4 is 15.9 Å². The summed E-state index contributed by atoms with van der Waals surface area (Å²) in [5, 5.41) is 9.28. The smallest absolute Gasteiger partial charge is 0.263 e. The molecule has 1 aliphatic rings. The van der Waals surface area contributed by atoms with Crippen molar-refractivity contribution in [1.29, 1.82) is 5.26 Å². The lowest BCUT2D eigenvalue weighted by atomic mass is 10.0. The van der Waals surface area contributed by atoms with Crippen molar-refractivity contribution in [2.45, 2.75) is 43.7 Å². The summed E-state index contributed by atoms with van der Waals surface area (Å²) in [4.78, 5) is 14.8. The Morgan fingerprint density at radius 2 is 1.78 bits per heavy atom. The highest BCUT2D eigenvalue weighted by Crippen LogP contribution is 2.23. The number of ether oxygens (including phenoxy) is 1. The number of piperidine rings is 1. The quantitative estimate of drug-likeness (QED) is 0.686. The van der Waals surface area contributed by atoms with E-state index in [1.54, 1.807) is 29.2 Å². The SMILES string of the molecule is CC(C)C(Oc1ccccc1C#N)C(=O)N1CCC(NS(=O)(=O)c2ccc(F)cc2)CC1. The molecule has 1 saturated heterocycles. The molecule has 0 spiro atoms. The van der Waals surface area contributed by atoms with E-state index in [1.807, 2.05) is 13.8 Å². The Kier molecular flexibility index (Phi) is 7.48. The molecule has 1 heterocycles. The van der Waals surface area contributed by atoms with Crippen molar-refractivity contribution in [2.24, 2.45) is 5.92 Å². The first-order valence-corrected chi connectivity index (χ1v) is 11.9. The Morgan fingerprint density at radius 1 is 1.16 bits per heavy atom. The maximum absolute atomic E-state index is 13.1. The summed E-state index contributed by atoms with van der Waals surface area (Å²) in [6, 6.07) is 13.2. The zero-order chi connectivity index (χ0) is 23.3. The molecule has 0 aliphatic carbocycles. The fraction of sp³-hybridized carbons (Fsp3) is 0.391. The highest BCUT2D eigenvalue weighted by Gasteiger charge is 2.33. The third-order valence-corrected chi connectivity index (χ3v) is 6.90. The van der Waals surface area contributed by atoms with E-state index < -0.39 is 21.9 Å². The van der Waals surface area contributed by atoms with E-state index in [0.717, 1.165) is 12.1 Å². The lowest BCUT2D eigenvalue weighted by Gasteiger charge is -2.35. The number of benzene rings is 2. The number of halogens is 1. The summed E-state index contributed by atoms with van der Waals surface area (Å²) in [5.41, 5.74) is 0.361. The highest BCUT2D eigenvalue weighted by molar-refractivity contribution is 7.89. The zero-order valence-electron chi connectivity index (χ0n) is 18.0. The van der Waals surface area contributed by atoms with Gasteiger partial charge in [0.1, 0.15) is 17.6 Å². The first-order valence-electron chi connectivity index (χ1n) is 10.4. The molecule has 9 heteroatoms. The molecule has 2 aromatic carbocycles. The van der Waals surface area contributed by atoms with Gasteiger partial charge in [-0.1, -0.05) is 26.0 Å². The average Bonchev–Trinajstić information content (AvgIpc) is 2.77. The van der Waals surface area contributed by atoms with Gasteiger partial charge < -0.3 is 9.64 Å². The van der Waals surface area contributed by atoms with Crippen LogP contribution in [0.25, 0.3) is 0 Å². The Labute approximate surface area is 187 Å². The molecule has 7 nitrogen and oxygen atoms in total. The topological polar surface area (TPSA) is 99.5 Å². The summed E-state index contributed by atoms with van der Waals surface area (Å²) >= 11 is 0. The van der Waals surface area contributed by atoms with Crippen molar-refractivity contribution < 1.29 is 22.3 Å². The normalized spacial score (nSPS) is 15.9. The van der Waals surface area contributed by atoms with E-state index in [9.17, 15) is 22.9 Å². The minimum Gasteiger partial charge on any atom is -0.479 e. The number of nitriles is 1. The van der Waals surface area contributed by atoms with E-state index >= 15 is 0 Å². The molecule has 1 amide bonds. The predicted octanol–water partition coefficient (Wildman–Crippen LogP) is 3.07. The third kappa shape index (κ3) is 5.64. The molecule has 1 aliphatic heterocycles. The van der Waals surface area contributed by atoms with Crippen molar-refractivity contribution in [3.63, 3.8) is 0 Å². The summed E-state index contributed by atoms with van der Waals surface area (Å²) in [7, 11) is -3.77. The molecule has 1 unspecified atom stereocenters. The van der Waals surface area contributed by atoms with Gasteiger partial charge in [0, 0.05) is 19.1 Å². The number of sulfonamides is 1. The van der Waals surface area contributed by atoms with Gasteiger partial charge in [-0.3, -0.25) is 4.79 Å².